The number of urea groups is 1. The molecular formula is C13H25N3O4. The molecule has 1 heterocycles. The molecule has 0 aromatic carbocycles. The number of hydrogen-bond donors (Lipinski definition) is 3. The third-order valence-electron chi connectivity index (χ3n) is 3.39. The Bertz CT molecular complexity index is 319. The fourth-order valence-corrected chi connectivity index (χ4v) is 2.26. The molecule has 1 aliphatic rings. The molecule has 0 aliphatic carbocycles. The first-order chi connectivity index (χ1) is 9.52. The number of carboxylic acid groups (broad SMARTS) is 1. The van der Waals surface area contributed by atoms with Crippen molar-refractivity contribution in [2.45, 2.75) is 25.9 Å². The zero-order valence-corrected chi connectivity index (χ0v) is 12.2. The first-order valence-electron chi connectivity index (χ1n) is 7.02. The van der Waals surface area contributed by atoms with Gasteiger partial charge in [0.25, 0.3) is 0 Å². The molecule has 0 aromatic rings. The molecule has 1 saturated heterocycles. The van der Waals surface area contributed by atoms with Gasteiger partial charge in [0.05, 0.1) is 6.54 Å². The van der Waals surface area contributed by atoms with Crippen molar-refractivity contribution in [3.8, 4) is 0 Å². The Balaban J connectivity index is 2.13. The fraction of sp³-hybridized carbons (Fsp3) is 0.846. The molecule has 20 heavy (non-hydrogen) atoms. The topological polar surface area (TPSA) is 90.9 Å². The minimum Gasteiger partial charge on any atom is -0.479 e. The highest BCUT2D eigenvalue weighted by Gasteiger charge is 2.18. The minimum atomic E-state index is -1.09. The third-order valence-corrected chi connectivity index (χ3v) is 3.39. The number of carbonyl (C=O) groups is 2. The molecule has 7 nitrogen and oxygen atoms in total. The summed E-state index contributed by atoms with van der Waals surface area (Å²) in [4.78, 5) is 24.6. The lowest BCUT2D eigenvalue weighted by atomic mass is 10.1. The third kappa shape index (κ3) is 6.21. The van der Waals surface area contributed by atoms with Crippen LogP contribution in [0.1, 0.15) is 19.8 Å². The highest BCUT2D eigenvalue weighted by Crippen LogP contribution is 2.09. The van der Waals surface area contributed by atoms with Crippen molar-refractivity contribution < 1.29 is 19.4 Å². The normalized spacial score (nSPS) is 18.5. The fourth-order valence-electron chi connectivity index (χ4n) is 2.26. The summed E-state index contributed by atoms with van der Waals surface area (Å²) >= 11 is 0. The maximum absolute atomic E-state index is 11.5. The van der Waals surface area contributed by atoms with E-state index in [0.29, 0.717) is 12.5 Å². The summed E-state index contributed by atoms with van der Waals surface area (Å²) in [5, 5.41) is 14.0. The summed E-state index contributed by atoms with van der Waals surface area (Å²) in [5.41, 5.74) is 0. The molecule has 0 spiro atoms. The van der Waals surface area contributed by atoms with Crippen LogP contribution >= 0.6 is 0 Å². The summed E-state index contributed by atoms with van der Waals surface area (Å²) in [5.74, 6) is -0.716. The number of methoxy groups -OCH3 is 1. The van der Waals surface area contributed by atoms with Crippen molar-refractivity contribution in [2.75, 3.05) is 39.8 Å². The van der Waals surface area contributed by atoms with Crippen LogP contribution in [0.25, 0.3) is 0 Å². The average molecular weight is 287 g/mol. The largest absolute Gasteiger partial charge is 0.479 e. The molecule has 2 amide bonds. The summed E-state index contributed by atoms with van der Waals surface area (Å²) in [6, 6.07) is -0.360. The molecule has 116 valence electrons. The first-order valence-corrected chi connectivity index (χ1v) is 7.02. The highest BCUT2D eigenvalue weighted by atomic mass is 16.5. The van der Waals surface area contributed by atoms with Gasteiger partial charge in [-0.05, 0) is 31.8 Å². The van der Waals surface area contributed by atoms with Gasteiger partial charge in [-0.1, -0.05) is 6.92 Å². The van der Waals surface area contributed by atoms with Gasteiger partial charge < -0.3 is 25.4 Å². The van der Waals surface area contributed by atoms with Crippen LogP contribution < -0.4 is 10.6 Å². The van der Waals surface area contributed by atoms with Gasteiger partial charge >= 0.3 is 12.0 Å². The first kappa shape index (κ1) is 16.7. The van der Waals surface area contributed by atoms with Crippen LogP contribution in [0.4, 0.5) is 4.79 Å². The molecule has 0 bridgehead atoms. The predicted molar refractivity (Wildman–Crippen MR) is 74.7 cm³/mol. The van der Waals surface area contributed by atoms with Gasteiger partial charge in [-0.2, -0.15) is 0 Å². The molecule has 3 N–H and O–H groups in total. The Kier molecular flexibility index (Phi) is 7.32. The van der Waals surface area contributed by atoms with Crippen LogP contribution in [0.15, 0.2) is 0 Å². The Hall–Kier alpha value is -1.34. The molecule has 1 rings (SSSR count). The van der Waals surface area contributed by atoms with Gasteiger partial charge in [-0.15, -0.1) is 0 Å². The predicted octanol–water partition coefficient (Wildman–Crippen LogP) is 0.117. The van der Waals surface area contributed by atoms with Gasteiger partial charge in [0.1, 0.15) is 0 Å². The van der Waals surface area contributed by atoms with Gasteiger partial charge in [-0.25, -0.2) is 9.59 Å². The molecule has 0 radical (unpaired) electrons. The molecule has 0 saturated carbocycles. The second-order valence-corrected chi connectivity index (χ2v) is 5.27. The van der Waals surface area contributed by atoms with Crippen molar-refractivity contribution in [3.63, 3.8) is 0 Å². The zero-order valence-electron chi connectivity index (χ0n) is 12.2. The number of nitrogens with zero attached hydrogens (tertiary/aromatic N) is 1. The minimum absolute atomic E-state index is 0.0435. The van der Waals surface area contributed by atoms with Gasteiger partial charge in [-0.3, -0.25) is 0 Å². The second-order valence-electron chi connectivity index (χ2n) is 5.27. The van der Waals surface area contributed by atoms with E-state index in [4.69, 9.17) is 9.84 Å². The quantitative estimate of drug-likeness (QED) is 0.590. The van der Waals surface area contributed by atoms with Crippen molar-refractivity contribution in [1.82, 2.24) is 15.5 Å². The van der Waals surface area contributed by atoms with E-state index in [9.17, 15) is 9.59 Å². The maximum atomic E-state index is 11.5. The standard InChI is InChI=1S/C13H25N3O4/c1-10(9-16-5-3-4-6-16)7-14-13(19)15-8-11(20-2)12(17)18/h10-11H,3-9H2,1-2H3,(H,17,18)(H2,14,15,19). The zero-order chi connectivity index (χ0) is 15.0. The number of hydrogen-bond acceptors (Lipinski definition) is 4. The number of likely N-dealkylation sites (tertiary alicyclic amines) is 1. The lowest BCUT2D eigenvalue weighted by molar-refractivity contribution is -0.147. The van der Waals surface area contributed by atoms with Crippen LogP contribution in [-0.4, -0.2) is 67.9 Å². The van der Waals surface area contributed by atoms with Gasteiger partial charge in [0.15, 0.2) is 6.10 Å². The summed E-state index contributed by atoms with van der Waals surface area (Å²) < 4.78 is 4.73. The number of ether oxygens (including phenoxy) is 1. The Morgan fingerprint density at radius 1 is 1.25 bits per heavy atom. The van der Waals surface area contributed by atoms with E-state index < -0.39 is 12.1 Å². The lowest BCUT2D eigenvalue weighted by Gasteiger charge is -2.20. The van der Waals surface area contributed by atoms with Crippen LogP contribution in [0, 0.1) is 5.92 Å². The molecule has 1 aliphatic heterocycles. The van der Waals surface area contributed by atoms with Crippen LogP contribution in [-0.2, 0) is 9.53 Å². The molecule has 7 heteroatoms. The van der Waals surface area contributed by atoms with Gasteiger partial charge in [0.2, 0.25) is 0 Å². The monoisotopic (exact) mass is 287 g/mol. The molecule has 0 aromatic heterocycles. The summed E-state index contributed by atoms with van der Waals surface area (Å²) in [7, 11) is 1.30. The number of nitrogens with one attached hydrogen (secondary N) is 2. The smallest absolute Gasteiger partial charge is 0.334 e. The van der Waals surface area contributed by atoms with E-state index in [1.165, 1.54) is 20.0 Å². The van der Waals surface area contributed by atoms with E-state index in [1.807, 2.05) is 0 Å². The van der Waals surface area contributed by atoms with Crippen molar-refractivity contribution in [3.05, 3.63) is 0 Å². The molecular weight excluding hydrogens is 262 g/mol. The summed E-state index contributed by atoms with van der Waals surface area (Å²) in [6.45, 7) is 5.89. The lowest BCUT2D eigenvalue weighted by Crippen LogP contribution is -2.44. The number of aliphatic carboxylic acids is 1. The van der Waals surface area contributed by atoms with E-state index in [1.54, 1.807) is 0 Å². The van der Waals surface area contributed by atoms with Crippen molar-refractivity contribution in [1.29, 1.82) is 0 Å². The Morgan fingerprint density at radius 3 is 2.40 bits per heavy atom. The van der Waals surface area contributed by atoms with Crippen molar-refractivity contribution in [2.24, 2.45) is 5.92 Å². The maximum Gasteiger partial charge on any atom is 0.334 e. The van der Waals surface area contributed by atoms with E-state index in [2.05, 4.69) is 22.5 Å². The van der Waals surface area contributed by atoms with Crippen LogP contribution in [0.3, 0.4) is 0 Å². The molecule has 2 unspecified atom stereocenters. The molecule has 1 fully saturated rings. The second kappa shape index (κ2) is 8.76. The Labute approximate surface area is 119 Å². The SMILES string of the molecule is COC(CNC(=O)NCC(C)CN1CCCC1)C(=O)O. The van der Waals surface area contributed by atoms with Crippen molar-refractivity contribution >= 4 is 12.0 Å². The van der Waals surface area contributed by atoms with Crippen LogP contribution in [0.2, 0.25) is 0 Å². The van der Waals surface area contributed by atoms with Gasteiger partial charge in [0, 0.05) is 20.2 Å². The average Bonchev–Trinajstić information content (AvgIpc) is 2.89. The van der Waals surface area contributed by atoms with Crippen LogP contribution in [0.5, 0.6) is 0 Å². The Morgan fingerprint density at radius 2 is 1.85 bits per heavy atom. The number of rotatable bonds is 8. The molecule has 2 atom stereocenters. The highest BCUT2D eigenvalue weighted by molar-refractivity contribution is 5.76. The number of carboxylic acids is 1. The number of carbonyl (C=O) groups excluding carboxylic acids is 1. The van der Waals surface area contributed by atoms with E-state index >= 15 is 0 Å². The number of amides is 2. The van der Waals surface area contributed by atoms with E-state index in [0.717, 1.165) is 19.6 Å². The summed E-state index contributed by atoms with van der Waals surface area (Å²) in [6.07, 6.45) is 1.51. The van der Waals surface area contributed by atoms with E-state index in [-0.39, 0.29) is 12.6 Å².